The molecule has 0 spiro atoms. The number of rotatable bonds is 3. The first-order valence-corrected chi connectivity index (χ1v) is 6.20. The Kier molecular flexibility index (Phi) is 6.69. The fourth-order valence-electron chi connectivity index (χ4n) is 1.62. The summed E-state index contributed by atoms with van der Waals surface area (Å²) in [4.78, 5) is 0. The van der Waals surface area contributed by atoms with Gasteiger partial charge in [-0.2, -0.15) is 0 Å². The van der Waals surface area contributed by atoms with E-state index in [1.807, 2.05) is 6.92 Å². The SMILES string of the molecule is CC1CCO1.CCOCC1=CCCCC1. The van der Waals surface area contributed by atoms with E-state index in [4.69, 9.17) is 9.47 Å². The minimum absolute atomic E-state index is 0.565. The Hall–Kier alpha value is -0.340. The van der Waals surface area contributed by atoms with Gasteiger partial charge in [-0.15, -0.1) is 0 Å². The molecule has 2 rings (SSSR count). The van der Waals surface area contributed by atoms with E-state index in [1.54, 1.807) is 0 Å². The molecule has 2 aliphatic rings. The fraction of sp³-hybridized carbons (Fsp3) is 0.846. The number of ether oxygens (including phenoxy) is 2. The van der Waals surface area contributed by atoms with E-state index in [9.17, 15) is 0 Å². The highest BCUT2D eigenvalue weighted by Gasteiger charge is 2.09. The summed E-state index contributed by atoms with van der Waals surface area (Å²) in [6.07, 6.45) is 9.42. The van der Waals surface area contributed by atoms with Crippen LogP contribution in [0, 0.1) is 0 Å². The third-order valence-electron chi connectivity index (χ3n) is 2.80. The molecule has 0 N–H and O–H groups in total. The van der Waals surface area contributed by atoms with Crippen LogP contribution in [-0.2, 0) is 9.47 Å². The van der Waals surface area contributed by atoms with E-state index in [1.165, 1.54) is 37.7 Å². The zero-order chi connectivity index (χ0) is 10.9. The maximum atomic E-state index is 5.30. The van der Waals surface area contributed by atoms with Crippen LogP contribution in [0.15, 0.2) is 11.6 Å². The summed E-state index contributed by atoms with van der Waals surface area (Å²) >= 11 is 0. The molecule has 0 saturated carbocycles. The van der Waals surface area contributed by atoms with Crippen molar-refractivity contribution in [3.63, 3.8) is 0 Å². The Labute approximate surface area is 93.7 Å². The molecule has 0 bridgehead atoms. The van der Waals surface area contributed by atoms with Crippen molar-refractivity contribution in [2.45, 2.75) is 52.1 Å². The van der Waals surface area contributed by atoms with Crippen molar-refractivity contribution in [1.29, 1.82) is 0 Å². The molecule has 1 fully saturated rings. The predicted octanol–water partition coefficient (Wildman–Crippen LogP) is 3.32. The lowest BCUT2D eigenvalue weighted by Crippen LogP contribution is -2.22. The van der Waals surface area contributed by atoms with Gasteiger partial charge in [0.1, 0.15) is 0 Å². The molecular formula is C13H24O2. The van der Waals surface area contributed by atoms with Crippen molar-refractivity contribution in [2.75, 3.05) is 19.8 Å². The average Bonchev–Trinajstić information content (AvgIpc) is 2.26. The number of allylic oxidation sites excluding steroid dienone is 1. The Bertz CT molecular complexity index is 183. The molecule has 0 radical (unpaired) electrons. The largest absolute Gasteiger partial charge is 0.378 e. The van der Waals surface area contributed by atoms with Crippen LogP contribution in [0.25, 0.3) is 0 Å². The van der Waals surface area contributed by atoms with E-state index in [-0.39, 0.29) is 0 Å². The summed E-state index contributed by atoms with van der Waals surface area (Å²) in [5.41, 5.74) is 1.51. The molecule has 0 aromatic rings. The molecule has 2 heteroatoms. The van der Waals surface area contributed by atoms with Crippen LogP contribution in [-0.4, -0.2) is 25.9 Å². The molecule has 1 aliphatic carbocycles. The standard InChI is InChI=1S/C9H16O.C4H8O/c1-2-10-8-9-6-4-3-5-7-9;1-4-2-3-5-4/h6H,2-5,7-8H2,1H3;4H,2-3H2,1H3. The maximum absolute atomic E-state index is 5.30. The Morgan fingerprint density at radius 1 is 1.47 bits per heavy atom. The van der Waals surface area contributed by atoms with Crippen molar-refractivity contribution in [2.24, 2.45) is 0 Å². The molecule has 2 nitrogen and oxygen atoms in total. The Morgan fingerprint density at radius 3 is 2.60 bits per heavy atom. The second-order valence-corrected chi connectivity index (χ2v) is 4.22. The Morgan fingerprint density at radius 2 is 2.20 bits per heavy atom. The fourth-order valence-corrected chi connectivity index (χ4v) is 1.62. The van der Waals surface area contributed by atoms with Gasteiger partial charge in [0, 0.05) is 13.2 Å². The van der Waals surface area contributed by atoms with Crippen molar-refractivity contribution < 1.29 is 9.47 Å². The van der Waals surface area contributed by atoms with Crippen LogP contribution in [0.5, 0.6) is 0 Å². The smallest absolute Gasteiger partial charge is 0.0676 e. The van der Waals surface area contributed by atoms with Crippen LogP contribution in [0.4, 0.5) is 0 Å². The topological polar surface area (TPSA) is 18.5 Å². The number of hydrogen-bond donors (Lipinski definition) is 0. The highest BCUT2D eigenvalue weighted by molar-refractivity contribution is 5.04. The summed E-state index contributed by atoms with van der Waals surface area (Å²) in [6, 6.07) is 0. The molecular weight excluding hydrogens is 188 g/mol. The van der Waals surface area contributed by atoms with Crippen LogP contribution >= 0.6 is 0 Å². The summed E-state index contributed by atoms with van der Waals surface area (Å²) in [5.74, 6) is 0. The summed E-state index contributed by atoms with van der Waals surface area (Å²) in [5, 5.41) is 0. The van der Waals surface area contributed by atoms with Crippen molar-refractivity contribution in [3.8, 4) is 0 Å². The minimum atomic E-state index is 0.565. The summed E-state index contributed by atoms with van der Waals surface area (Å²) in [7, 11) is 0. The molecule has 15 heavy (non-hydrogen) atoms. The predicted molar refractivity (Wildman–Crippen MR) is 63.1 cm³/mol. The highest BCUT2D eigenvalue weighted by Crippen LogP contribution is 2.16. The van der Waals surface area contributed by atoms with Gasteiger partial charge >= 0.3 is 0 Å². The van der Waals surface area contributed by atoms with Gasteiger partial charge in [0.2, 0.25) is 0 Å². The second kappa shape index (κ2) is 7.89. The first kappa shape index (κ1) is 12.7. The van der Waals surface area contributed by atoms with Gasteiger partial charge in [0.15, 0.2) is 0 Å². The van der Waals surface area contributed by atoms with Gasteiger partial charge in [-0.05, 0) is 51.5 Å². The minimum Gasteiger partial charge on any atom is -0.378 e. The second-order valence-electron chi connectivity index (χ2n) is 4.22. The van der Waals surface area contributed by atoms with Gasteiger partial charge in [-0.25, -0.2) is 0 Å². The van der Waals surface area contributed by atoms with Crippen LogP contribution in [0.2, 0.25) is 0 Å². The van der Waals surface area contributed by atoms with E-state index in [0.717, 1.165) is 19.8 Å². The average molecular weight is 212 g/mol. The van der Waals surface area contributed by atoms with Gasteiger partial charge in [0.05, 0.1) is 12.7 Å². The van der Waals surface area contributed by atoms with E-state index >= 15 is 0 Å². The van der Waals surface area contributed by atoms with Crippen molar-refractivity contribution in [1.82, 2.24) is 0 Å². The maximum Gasteiger partial charge on any atom is 0.0676 e. The van der Waals surface area contributed by atoms with E-state index in [0.29, 0.717) is 6.10 Å². The molecule has 1 aliphatic heterocycles. The molecule has 1 saturated heterocycles. The van der Waals surface area contributed by atoms with Gasteiger partial charge in [0.25, 0.3) is 0 Å². The zero-order valence-electron chi connectivity index (χ0n) is 10.1. The van der Waals surface area contributed by atoms with Crippen LogP contribution < -0.4 is 0 Å². The Balaban J connectivity index is 0.000000187. The van der Waals surface area contributed by atoms with Gasteiger partial charge < -0.3 is 9.47 Å². The van der Waals surface area contributed by atoms with Crippen LogP contribution in [0.1, 0.15) is 46.0 Å². The van der Waals surface area contributed by atoms with Gasteiger partial charge in [-0.1, -0.05) is 6.08 Å². The monoisotopic (exact) mass is 212 g/mol. The zero-order valence-corrected chi connectivity index (χ0v) is 10.1. The van der Waals surface area contributed by atoms with E-state index in [2.05, 4.69) is 13.0 Å². The first-order valence-electron chi connectivity index (χ1n) is 6.20. The van der Waals surface area contributed by atoms with Gasteiger partial charge in [-0.3, -0.25) is 0 Å². The third-order valence-corrected chi connectivity index (χ3v) is 2.80. The van der Waals surface area contributed by atoms with E-state index < -0.39 is 0 Å². The third kappa shape index (κ3) is 5.95. The quantitative estimate of drug-likeness (QED) is 0.668. The molecule has 0 amide bonds. The summed E-state index contributed by atoms with van der Waals surface area (Å²) < 4.78 is 10.2. The van der Waals surface area contributed by atoms with Crippen molar-refractivity contribution >= 4 is 0 Å². The van der Waals surface area contributed by atoms with Crippen molar-refractivity contribution in [3.05, 3.63) is 11.6 Å². The molecule has 88 valence electrons. The number of hydrogen-bond acceptors (Lipinski definition) is 2. The molecule has 1 heterocycles. The normalized spacial score (nSPS) is 24.7. The molecule has 1 unspecified atom stereocenters. The lowest BCUT2D eigenvalue weighted by Gasteiger charge is -2.20. The van der Waals surface area contributed by atoms with Crippen LogP contribution in [0.3, 0.4) is 0 Å². The molecule has 0 aromatic heterocycles. The highest BCUT2D eigenvalue weighted by atomic mass is 16.5. The lowest BCUT2D eigenvalue weighted by molar-refractivity contribution is -0.0375. The lowest BCUT2D eigenvalue weighted by atomic mass is 10.0. The summed E-state index contributed by atoms with van der Waals surface area (Å²) in [6.45, 7) is 6.84. The molecule has 1 atom stereocenters. The first-order chi connectivity index (χ1) is 7.33. The molecule has 0 aromatic carbocycles.